The van der Waals surface area contributed by atoms with Crippen molar-refractivity contribution in [2.24, 2.45) is 5.92 Å². The van der Waals surface area contributed by atoms with Gasteiger partial charge in [-0.25, -0.2) is 0 Å². The van der Waals surface area contributed by atoms with E-state index in [1.165, 1.54) is 17.8 Å². The lowest BCUT2D eigenvalue weighted by atomic mass is 10.1. The highest BCUT2D eigenvalue weighted by Gasteiger charge is 2.19. The van der Waals surface area contributed by atoms with Crippen LogP contribution in [0.4, 0.5) is 5.69 Å². The highest BCUT2D eigenvalue weighted by atomic mass is 35.5. The molecule has 1 heterocycles. The fraction of sp³-hybridized carbons (Fsp3) is 0.647. The fourth-order valence-corrected chi connectivity index (χ4v) is 3.15. The second kappa shape index (κ2) is 8.02. The van der Waals surface area contributed by atoms with Crippen LogP contribution in [0.3, 0.4) is 0 Å². The predicted molar refractivity (Wildman–Crippen MR) is 92.3 cm³/mol. The Morgan fingerprint density at radius 2 is 1.90 bits per heavy atom. The van der Waals surface area contributed by atoms with Crippen LogP contribution in [-0.4, -0.2) is 44.2 Å². The number of nitrogens with zero attached hydrogens (tertiary/aromatic N) is 2. The van der Waals surface area contributed by atoms with Gasteiger partial charge in [-0.2, -0.15) is 0 Å². The number of rotatable bonds is 6. The third kappa shape index (κ3) is 4.87. The Balaban J connectivity index is 2.02. The molecule has 1 fully saturated rings. The van der Waals surface area contributed by atoms with Gasteiger partial charge in [0.1, 0.15) is 0 Å². The second-order valence-electron chi connectivity index (χ2n) is 6.23. The first-order valence-corrected chi connectivity index (χ1v) is 8.44. The van der Waals surface area contributed by atoms with Gasteiger partial charge >= 0.3 is 0 Å². The van der Waals surface area contributed by atoms with Gasteiger partial charge in [0.05, 0.1) is 0 Å². The highest BCUT2D eigenvalue weighted by Crippen LogP contribution is 2.25. The van der Waals surface area contributed by atoms with Gasteiger partial charge in [0.2, 0.25) is 0 Å². The maximum absolute atomic E-state index is 6.16. The van der Waals surface area contributed by atoms with Crippen molar-refractivity contribution >= 4 is 17.3 Å². The van der Waals surface area contributed by atoms with Crippen molar-refractivity contribution in [1.29, 1.82) is 0 Å². The van der Waals surface area contributed by atoms with E-state index in [0.717, 1.165) is 50.2 Å². The van der Waals surface area contributed by atoms with Crippen LogP contribution in [0.15, 0.2) is 18.2 Å². The standard InChI is InChI=1S/C17H28ClN3/c1-4-19-12-15-11-16(18)5-6-17(15)21-9-7-20(8-10-21)13-14(2)3/h5-6,11,14,19H,4,7-10,12-13H2,1-3H3. The summed E-state index contributed by atoms with van der Waals surface area (Å²) >= 11 is 6.16. The third-order valence-electron chi connectivity index (χ3n) is 3.94. The van der Waals surface area contributed by atoms with Gasteiger partial charge in [0, 0.05) is 50.0 Å². The first-order chi connectivity index (χ1) is 10.1. The van der Waals surface area contributed by atoms with Gasteiger partial charge in [0.15, 0.2) is 0 Å². The average molecular weight is 310 g/mol. The molecule has 2 rings (SSSR count). The van der Waals surface area contributed by atoms with E-state index in [-0.39, 0.29) is 0 Å². The minimum atomic E-state index is 0.747. The predicted octanol–water partition coefficient (Wildman–Crippen LogP) is 3.23. The smallest absolute Gasteiger partial charge is 0.0413 e. The lowest BCUT2D eigenvalue weighted by Crippen LogP contribution is -2.47. The van der Waals surface area contributed by atoms with Crippen molar-refractivity contribution in [3.8, 4) is 0 Å². The van der Waals surface area contributed by atoms with Crippen LogP contribution >= 0.6 is 11.6 Å². The fourth-order valence-electron chi connectivity index (χ4n) is 2.95. The first kappa shape index (κ1) is 16.6. The minimum Gasteiger partial charge on any atom is -0.369 e. The van der Waals surface area contributed by atoms with Gasteiger partial charge < -0.3 is 10.2 Å². The summed E-state index contributed by atoms with van der Waals surface area (Å²) in [5.41, 5.74) is 2.64. The van der Waals surface area contributed by atoms with Crippen molar-refractivity contribution < 1.29 is 0 Å². The zero-order chi connectivity index (χ0) is 15.2. The Morgan fingerprint density at radius 3 is 2.52 bits per heavy atom. The summed E-state index contributed by atoms with van der Waals surface area (Å²) in [6.07, 6.45) is 0. The molecule has 0 spiro atoms. The van der Waals surface area contributed by atoms with Crippen molar-refractivity contribution in [2.45, 2.75) is 27.3 Å². The molecule has 0 aliphatic carbocycles. The van der Waals surface area contributed by atoms with Crippen LogP contribution in [0.2, 0.25) is 5.02 Å². The monoisotopic (exact) mass is 309 g/mol. The van der Waals surface area contributed by atoms with Gasteiger partial charge in [-0.1, -0.05) is 32.4 Å². The Labute approximate surface area is 134 Å². The summed E-state index contributed by atoms with van der Waals surface area (Å²) in [6.45, 7) is 14.3. The molecule has 0 bridgehead atoms. The van der Waals surface area contributed by atoms with Crippen molar-refractivity contribution in [2.75, 3.05) is 44.2 Å². The number of benzene rings is 1. The molecule has 3 nitrogen and oxygen atoms in total. The van der Waals surface area contributed by atoms with E-state index in [1.54, 1.807) is 0 Å². The summed E-state index contributed by atoms with van der Waals surface area (Å²) in [6, 6.07) is 6.28. The van der Waals surface area contributed by atoms with Gasteiger partial charge in [-0.15, -0.1) is 0 Å². The van der Waals surface area contributed by atoms with Gasteiger partial charge in [-0.3, -0.25) is 4.90 Å². The SMILES string of the molecule is CCNCc1cc(Cl)ccc1N1CCN(CC(C)C)CC1. The summed E-state index contributed by atoms with van der Waals surface area (Å²) in [5, 5.41) is 4.23. The summed E-state index contributed by atoms with van der Waals surface area (Å²) < 4.78 is 0. The van der Waals surface area contributed by atoms with Crippen molar-refractivity contribution in [3.05, 3.63) is 28.8 Å². The summed E-state index contributed by atoms with van der Waals surface area (Å²) in [4.78, 5) is 5.07. The van der Waals surface area contributed by atoms with Gasteiger partial charge in [-0.05, 0) is 36.2 Å². The second-order valence-corrected chi connectivity index (χ2v) is 6.67. The van der Waals surface area contributed by atoms with Crippen LogP contribution in [0, 0.1) is 5.92 Å². The van der Waals surface area contributed by atoms with Crippen LogP contribution in [0.5, 0.6) is 0 Å². The zero-order valence-electron chi connectivity index (χ0n) is 13.5. The van der Waals surface area contributed by atoms with E-state index < -0.39 is 0 Å². The molecular weight excluding hydrogens is 282 g/mol. The Kier molecular flexibility index (Phi) is 6.34. The molecule has 1 N–H and O–H groups in total. The first-order valence-electron chi connectivity index (χ1n) is 8.06. The molecule has 0 unspecified atom stereocenters. The Bertz CT molecular complexity index is 440. The molecule has 118 valence electrons. The Hall–Kier alpha value is -0.770. The number of hydrogen-bond acceptors (Lipinski definition) is 3. The third-order valence-corrected chi connectivity index (χ3v) is 4.18. The highest BCUT2D eigenvalue weighted by molar-refractivity contribution is 6.30. The molecule has 1 aliphatic heterocycles. The maximum Gasteiger partial charge on any atom is 0.0413 e. The van der Waals surface area contributed by atoms with E-state index in [1.807, 2.05) is 6.07 Å². The molecule has 1 aromatic carbocycles. The molecule has 0 atom stereocenters. The lowest BCUT2D eigenvalue weighted by Gasteiger charge is -2.37. The van der Waals surface area contributed by atoms with E-state index in [9.17, 15) is 0 Å². The largest absolute Gasteiger partial charge is 0.369 e. The average Bonchev–Trinajstić information content (AvgIpc) is 2.46. The maximum atomic E-state index is 6.16. The van der Waals surface area contributed by atoms with E-state index >= 15 is 0 Å². The van der Waals surface area contributed by atoms with Crippen LogP contribution < -0.4 is 10.2 Å². The van der Waals surface area contributed by atoms with Crippen LogP contribution in [-0.2, 0) is 6.54 Å². The number of anilines is 1. The van der Waals surface area contributed by atoms with Crippen molar-refractivity contribution in [3.63, 3.8) is 0 Å². The molecule has 0 amide bonds. The molecule has 1 saturated heterocycles. The lowest BCUT2D eigenvalue weighted by molar-refractivity contribution is 0.231. The topological polar surface area (TPSA) is 18.5 Å². The number of nitrogens with one attached hydrogen (secondary N) is 1. The van der Waals surface area contributed by atoms with Crippen molar-refractivity contribution in [1.82, 2.24) is 10.2 Å². The van der Waals surface area contributed by atoms with Crippen LogP contribution in [0.1, 0.15) is 26.3 Å². The van der Waals surface area contributed by atoms with E-state index in [2.05, 4.69) is 48.0 Å². The summed E-state index contributed by atoms with van der Waals surface area (Å²) in [7, 11) is 0. The minimum absolute atomic E-state index is 0.747. The van der Waals surface area contributed by atoms with Gasteiger partial charge in [0.25, 0.3) is 0 Å². The van der Waals surface area contributed by atoms with Crippen LogP contribution in [0.25, 0.3) is 0 Å². The normalized spacial score (nSPS) is 16.7. The Morgan fingerprint density at radius 1 is 1.19 bits per heavy atom. The zero-order valence-corrected chi connectivity index (χ0v) is 14.3. The molecule has 4 heteroatoms. The molecule has 1 aromatic rings. The number of halogens is 1. The summed E-state index contributed by atoms with van der Waals surface area (Å²) in [5.74, 6) is 0.747. The number of piperazine rings is 1. The molecule has 1 aliphatic rings. The molecule has 0 radical (unpaired) electrons. The molecule has 0 saturated carbocycles. The molecular formula is C17H28ClN3. The van der Waals surface area contributed by atoms with E-state index in [0.29, 0.717) is 0 Å². The number of hydrogen-bond donors (Lipinski definition) is 1. The van der Waals surface area contributed by atoms with E-state index in [4.69, 9.17) is 11.6 Å². The molecule has 21 heavy (non-hydrogen) atoms. The quantitative estimate of drug-likeness (QED) is 0.870. The molecule has 0 aromatic heterocycles.